The number of rotatable bonds is 2. The summed E-state index contributed by atoms with van der Waals surface area (Å²) in [4.78, 5) is 12.8. The quantitative estimate of drug-likeness (QED) is 0.721. The van der Waals surface area contributed by atoms with E-state index in [4.69, 9.17) is 16.3 Å². The number of carbonyl (C=O) groups is 1. The van der Waals surface area contributed by atoms with Gasteiger partial charge in [0.15, 0.2) is 6.29 Å². The molecule has 1 aromatic rings. The molecule has 0 N–H and O–H groups in total. The number of ether oxygens (including phenoxy) is 1. The van der Waals surface area contributed by atoms with Crippen molar-refractivity contribution in [1.82, 2.24) is 0 Å². The Kier molecular flexibility index (Phi) is 3.23. The van der Waals surface area contributed by atoms with E-state index in [9.17, 15) is 4.79 Å². The van der Waals surface area contributed by atoms with Gasteiger partial charge in [0, 0.05) is 24.3 Å². The van der Waals surface area contributed by atoms with E-state index in [1.165, 1.54) is 0 Å². The molecule has 2 rings (SSSR count). The molecule has 15 heavy (non-hydrogen) atoms. The van der Waals surface area contributed by atoms with Crippen LogP contribution in [-0.2, 0) is 4.74 Å². The first-order valence-electron chi connectivity index (χ1n) is 4.88. The lowest BCUT2D eigenvalue weighted by Gasteiger charge is -2.29. The number of morpholine rings is 1. The summed E-state index contributed by atoms with van der Waals surface area (Å²) < 4.78 is 5.27. The van der Waals surface area contributed by atoms with Gasteiger partial charge in [-0.15, -0.1) is 0 Å². The van der Waals surface area contributed by atoms with E-state index in [1.54, 1.807) is 6.07 Å². The smallest absolute Gasteiger partial charge is 0.151 e. The predicted octanol–water partition coefficient (Wildman–Crippen LogP) is 1.99. The van der Waals surface area contributed by atoms with E-state index in [0.29, 0.717) is 10.6 Å². The second-order valence-electron chi connectivity index (χ2n) is 3.42. The third kappa shape index (κ3) is 2.30. The van der Waals surface area contributed by atoms with Gasteiger partial charge in [-0.25, -0.2) is 0 Å². The highest BCUT2D eigenvalue weighted by Gasteiger charge is 2.12. The largest absolute Gasteiger partial charge is 0.378 e. The first kappa shape index (κ1) is 10.5. The van der Waals surface area contributed by atoms with Crippen LogP contribution in [0.2, 0.25) is 5.02 Å². The monoisotopic (exact) mass is 225 g/mol. The summed E-state index contributed by atoms with van der Waals surface area (Å²) in [6.45, 7) is 3.23. The van der Waals surface area contributed by atoms with Crippen molar-refractivity contribution in [2.24, 2.45) is 0 Å². The van der Waals surface area contributed by atoms with Gasteiger partial charge in [-0.1, -0.05) is 11.6 Å². The van der Waals surface area contributed by atoms with Crippen LogP contribution in [0.15, 0.2) is 18.2 Å². The summed E-state index contributed by atoms with van der Waals surface area (Å²) in [6.07, 6.45) is 0.769. The van der Waals surface area contributed by atoms with Gasteiger partial charge in [0.1, 0.15) is 0 Å². The minimum absolute atomic E-state index is 0.508. The minimum atomic E-state index is 0.508. The Balaban J connectivity index is 2.21. The summed E-state index contributed by atoms with van der Waals surface area (Å²) in [5.41, 5.74) is 1.59. The molecule has 0 unspecified atom stereocenters. The number of anilines is 1. The number of halogens is 1. The summed E-state index contributed by atoms with van der Waals surface area (Å²) in [5.74, 6) is 0. The van der Waals surface area contributed by atoms with E-state index in [2.05, 4.69) is 4.90 Å². The lowest BCUT2D eigenvalue weighted by molar-refractivity contribution is 0.112. The van der Waals surface area contributed by atoms with Gasteiger partial charge < -0.3 is 9.64 Å². The molecular formula is C11H12ClNO2. The lowest BCUT2D eigenvalue weighted by atomic mass is 10.2. The maximum absolute atomic E-state index is 10.6. The van der Waals surface area contributed by atoms with Gasteiger partial charge in [-0.3, -0.25) is 4.79 Å². The van der Waals surface area contributed by atoms with Crippen molar-refractivity contribution in [3.05, 3.63) is 28.8 Å². The predicted molar refractivity (Wildman–Crippen MR) is 59.9 cm³/mol. The van der Waals surface area contributed by atoms with Crippen molar-refractivity contribution in [2.45, 2.75) is 0 Å². The first-order valence-corrected chi connectivity index (χ1v) is 5.26. The van der Waals surface area contributed by atoms with Crippen LogP contribution in [-0.4, -0.2) is 32.6 Å². The Hall–Kier alpha value is -1.06. The lowest BCUT2D eigenvalue weighted by Crippen LogP contribution is -2.36. The van der Waals surface area contributed by atoms with Crippen LogP contribution in [0.3, 0.4) is 0 Å². The van der Waals surface area contributed by atoms with Crippen molar-refractivity contribution in [2.75, 3.05) is 31.2 Å². The van der Waals surface area contributed by atoms with Crippen LogP contribution < -0.4 is 4.90 Å². The Bertz CT molecular complexity index is 362. The van der Waals surface area contributed by atoms with Gasteiger partial charge in [0.2, 0.25) is 0 Å². The third-order valence-corrected chi connectivity index (χ3v) is 2.81. The molecule has 1 heterocycles. The van der Waals surface area contributed by atoms with Crippen LogP contribution in [0.4, 0.5) is 5.69 Å². The molecule has 1 saturated heterocycles. The van der Waals surface area contributed by atoms with Gasteiger partial charge in [-0.2, -0.15) is 0 Å². The molecular weight excluding hydrogens is 214 g/mol. The van der Waals surface area contributed by atoms with E-state index < -0.39 is 0 Å². The zero-order chi connectivity index (χ0) is 10.7. The molecule has 1 aliphatic rings. The zero-order valence-corrected chi connectivity index (χ0v) is 9.04. The molecule has 0 spiro atoms. The molecule has 0 aromatic heterocycles. The third-order valence-electron chi connectivity index (χ3n) is 2.49. The molecule has 4 heteroatoms. The Morgan fingerprint density at radius 3 is 2.67 bits per heavy atom. The molecule has 1 aliphatic heterocycles. The number of hydrogen-bond acceptors (Lipinski definition) is 3. The average molecular weight is 226 g/mol. The van der Waals surface area contributed by atoms with Crippen LogP contribution >= 0.6 is 11.6 Å². The summed E-state index contributed by atoms with van der Waals surface area (Å²) in [6, 6.07) is 5.50. The highest BCUT2D eigenvalue weighted by molar-refractivity contribution is 6.33. The van der Waals surface area contributed by atoms with E-state index in [1.807, 2.05) is 12.1 Å². The Labute approximate surface area is 93.6 Å². The zero-order valence-electron chi connectivity index (χ0n) is 8.28. The van der Waals surface area contributed by atoms with Gasteiger partial charge in [0.25, 0.3) is 0 Å². The molecule has 1 fully saturated rings. The van der Waals surface area contributed by atoms with Crippen molar-refractivity contribution in [1.29, 1.82) is 0 Å². The number of carbonyl (C=O) groups excluding carboxylic acids is 1. The van der Waals surface area contributed by atoms with Crippen molar-refractivity contribution < 1.29 is 9.53 Å². The van der Waals surface area contributed by atoms with Crippen LogP contribution in [0, 0.1) is 0 Å². The van der Waals surface area contributed by atoms with Crippen molar-refractivity contribution >= 4 is 23.6 Å². The average Bonchev–Trinajstić information content (AvgIpc) is 2.30. The Morgan fingerprint density at radius 1 is 1.33 bits per heavy atom. The highest BCUT2D eigenvalue weighted by Crippen LogP contribution is 2.23. The fourth-order valence-corrected chi connectivity index (χ4v) is 1.85. The summed E-state index contributed by atoms with van der Waals surface area (Å²) >= 11 is 5.96. The SMILES string of the molecule is O=Cc1ccc(N2CCOCC2)cc1Cl. The van der Waals surface area contributed by atoms with Crippen LogP contribution in [0.25, 0.3) is 0 Å². The van der Waals surface area contributed by atoms with Crippen molar-refractivity contribution in [3.63, 3.8) is 0 Å². The van der Waals surface area contributed by atoms with Gasteiger partial charge in [-0.05, 0) is 18.2 Å². The topological polar surface area (TPSA) is 29.5 Å². The maximum atomic E-state index is 10.6. The van der Waals surface area contributed by atoms with Gasteiger partial charge >= 0.3 is 0 Å². The molecule has 80 valence electrons. The minimum Gasteiger partial charge on any atom is -0.378 e. The second kappa shape index (κ2) is 4.64. The maximum Gasteiger partial charge on any atom is 0.151 e. The molecule has 0 saturated carbocycles. The first-order chi connectivity index (χ1) is 7.31. The van der Waals surface area contributed by atoms with E-state index >= 15 is 0 Å². The summed E-state index contributed by atoms with van der Waals surface area (Å²) in [7, 11) is 0. The summed E-state index contributed by atoms with van der Waals surface area (Å²) in [5, 5.41) is 0.508. The molecule has 0 radical (unpaired) electrons. The van der Waals surface area contributed by atoms with Crippen LogP contribution in [0.5, 0.6) is 0 Å². The molecule has 0 atom stereocenters. The van der Waals surface area contributed by atoms with Crippen molar-refractivity contribution in [3.8, 4) is 0 Å². The number of benzene rings is 1. The van der Waals surface area contributed by atoms with Gasteiger partial charge in [0.05, 0.1) is 18.2 Å². The van der Waals surface area contributed by atoms with E-state index in [0.717, 1.165) is 38.3 Å². The van der Waals surface area contributed by atoms with Crippen LogP contribution in [0.1, 0.15) is 10.4 Å². The number of nitrogens with zero attached hydrogens (tertiary/aromatic N) is 1. The van der Waals surface area contributed by atoms with E-state index in [-0.39, 0.29) is 0 Å². The second-order valence-corrected chi connectivity index (χ2v) is 3.83. The fraction of sp³-hybridized carbons (Fsp3) is 0.364. The Morgan fingerprint density at radius 2 is 2.07 bits per heavy atom. The molecule has 0 bridgehead atoms. The highest BCUT2D eigenvalue weighted by atomic mass is 35.5. The fourth-order valence-electron chi connectivity index (χ4n) is 1.63. The number of aldehydes is 1. The normalized spacial score (nSPS) is 16.5. The molecule has 3 nitrogen and oxygen atoms in total. The molecule has 0 amide bonds. The number of hydrogen-bond donors (Lipinski definition) is 0. The molecule has 0 aliphatic carbocycles. The molecule has 1 aromatic carbocycles. The standard InChI is InChI=1S/C11H12ClNO2/c12-11-7-10(2-1-9(11)8-14)13-3-5-15-6-4-13/h1-2,7-8H,3-6H2.